The third kappa shape index (κ3) is 4.61. The molecule has 1 unspecified atom stereocenters. The Morgan fingerprint density at radius 2 is 1.68 bits per heavy atom. The lowest BCUT2D eigenvalue weighted by Gasteiger charge is -2.32. The van der Waals surface area contributed by atoms with Crippen molar-refractivity contribution in [3.05, 3.63) is 95.8 Å². The molecular weight excluding hydrogens is 346 g/mol. The molecule has 146 valence electrons. The van der Waals surface area contributed by atoms with Crippen molar-refractivity contribution in [2.75, 3.05) is 20.2 Å². The molecule has 3 nitrogen and oxygen atoms in total. The molecule has 0 aromatic heterocycles. The number of hydrogen-bond acceptors (Lipinski definition) is 3. The molecule has 0 radical (unpaired) electrons. The van der Waals surface area contributed by atoms with Gasteiger partial charge in [-0.2, -0.15) is 0 Å². The van der Waals surface area contributed by atoms with Crippen LogP contribution in [0, 0.1) is 0 Å². The summed E-state index contributed by atoms with van der Waals surface area (Å²) in [4.78, 5) is 0. The highest BCUT2D eigenvalue weighted by Crippen LogP contribution is 2.41. The highest BCUT2D eigenvalue weighted by molar-refractivity contribution is 5.95. The van der Waals surface area contributed by atoms with E-state index in [1.165, 1.54) is 0 Å². The summed E-state index contributed by atoms with van der Waals surface area (Å²) in [5.74, 6) is 0.810. The second kappa shape index (κ2) is 9.54. The number of allylic oxidation sites excluding steroid dienone is 2. The molecule has 0 fully saturated rings. The molecule has 0 bridgehead atoms. The Labute approximate surface area is 168 Å². The van der Waals surface area contributed by atoms with Gasteiger partial charge in [0.05, 0.1) is 0 Å². The predicted molar refractivity (Wildman–Crippen MR) is 117 cm³/mol. The van der Waals surface area contributed by atoms with Crippen molar-refractivity contribution in [2.45, 2.75) is 25.4 Å². The zero-order chi connectivity index (χ0) is 19.8. The Balaban J connectivity index is 2.02. The lowest BCUT2D eigenvalue weighted by molar-refractivity contribution is 0.147. The normalized spacial score (nSPS) is 19.8. The number of rotatable bonds is 8. The monoisotopic (exact) mass is 375 g/mol. The smallest absolute Gasteiger partial charge is 0.115 e. The predicted octanol–water partition coefficient (Wildman–Crippen LogP) is 4.82. The first-order valence-electron chi connectivity index (χ1n) is 9.91. The minimum absolute atomic E-state index is 0.485. The summed E-state index contributed by atoms with van der Waals surface area (Å²) in [6.07, 6.45) is 7.07. The van der Waals surface area contributed by atoms with E-state index in [4.69, 9.17) is 4.74 Å². The first-order valence-corrected chi connectivity index (χ1v) is 9.91. The second-order valence-corrected chi connectivity index (χ2v) is 6.96. The molecule has 28 heavy (non-hydrogen) atoms. The van der Waals surface area contributed by atoms with Gasteiger partial charge in [0.2, 0.25) is 0 Å². The van der Waals surface area contributed by atoms with Gasteiger partial charge in [0.25, 0.3) is 0 Å². The number of ether oxygens (including phenoxy) is 1. The molecular formula is C25H29NO2. The summed E-state index contributed by atoms with van der Waals surface area (Å²) in [7, 11) is 1.90. The van der Waals surface area contributed by atoms with Crippen LogP contribution >= 0.6 is 0 Å². The van der Waals surface area contributed by atoms with Crippen LogP contribution in [0.2, 0.25) is 0 Å². The molecule has 0 spiro atoms. The van der Waals surface area contributed by atoms with Crippen LogP contribution in [0.25, 0.3) is 11.1 Å². The van der Waals surface area contributed by atoms with E-state index >= 15 is 0 Å². The summed E-state index contributed by atoms with van der Waals surface area (Å²) in [5, 5.41) is 14.8. The maximum atomic E-state index is 11.7. The van der Waals surface area contributed by atoms with Crippen LogP contribution in [0.1, 0.15) is 30.9 Å². The Bertz CT molecular complexity index is 853. The Hall–Kier alpha value is -2.62. The van der Waals surface area contributed by atoms with Gasteiger partial charge in [-0.05, 0) is 54.0 Å². The summed E-state index contributed by atoms with van der Waals surface area (Å²) >= 11 is 0. The van der Waals surface area contributed by atoms with Crippen molar-refractivity contribution in [3.63, 3.8) is 0 Å². The standard InChI is InChI=1S/C25H29NO2/c1-3-23(20-10-6-4-7-11-20)24(21-12-8-5-9-13-21)25(27)16-14-22(15-17-25)28-19-18-26-2/h4-16,26-27H,3,17-19H2,1-2H3. The van der Waals surface area contributed by atoms with Crippen molar-refractivity contribution in [3.8, 4) is 0 Å². The average Bonchev–Trinajstić information content (AvgIpc) is 2.75. The van der Waals surface area contributed by atoms with Crippen LogP contribution in [-0.4, -0.2) is 30.9 Å². The lowest BCUT2D eigenvalue weighted by Crippen LogP contribution is -2.30. The summed E-state index contributed by atoms with van der Waals surface area (Å²) in [5.41, 5.74) is 3.24. The van der Waals surface area contributed by atoms with E-state index in [0.717, 1.165) is 41.0 Å². The topological polar surface area (TPSA) is 41.5 Å². The van der Waals surface area contributed by atoms with Crippen molar-refractivity contribution in [1.29, 1.82) is 0 Å². The maximum Gasteiger partial charge on any atom is 0.115 e. The molecule has 0 amide bonds. The average molecular weight is 376 g/mol. The zero-order valence-electron chi connectivity index (χ0n) is 16.7. The summed E-state index contributed by atoms with van der Waals surface area (Å²) in [6.45, 7) is 3.54. The molecule has 2 N–H and O–H groups in total. The van der Waals surface area contributed by atoms with Gasteiger partial charge >= 0.3 is 0 Å². The minimum atomic E-state index is -1.07. The fourth-order valence-corrected chi connectivity index (χ4v) is 3.63. The molecule has 1 atom stereocenters. The van der Waals surface area contributed by atoms with Crippen molar-refractivity contribution >= 4 is 11.1 Å². The van der Waals surface area contributed by atoms with Gasteiger partial charge in [-0.1, -0.05) is 67.6 Å². The van der Waals surface area contributed by atoms with E-state index in [0.29, 0.717) is 13.0 Å². The number of benzene rings is 2. The van der Waals surface area contributed by atoms with E-state index in [1.807, 2.05) is 61.7 Å². The van der Waals surface area contributed by atoms with Gasteiger partial charge in [-0.3, -0.25) is 0 Å². The SMILES string of the molecule is CCC(=C(c1ccccc1)C1(O)C=CC(OCCNC)=CC1)c1ccccc1. The minimum Gasteiger partial charge on any atom is -0.493 e. The third-order valence-corrected chi connectivity index (χ3v) is 5.03. The summed E-state index contributed by atoms with van der Waals surface area (Å²) in [6, 6.07) is 20.5. The fourth-order valence-electron chi connectivity index (χ4n) is 3.63. The van der Waals surface area contributed by atoms with Gasteiger partial charge in [0.1, 0.15) is 18.0 Å². The van der Waals surface area contributed by atoms with Gasteiger partial charge in [-0.25, -0.2) is 0 Å². The van der Waals surface area contributed by atoms with E-state index in [1.54, 1.807) is 0 Å². The Kier molecular flexibility index (Phi) is 6.85. The molecule has 0 saturated heterocycles. The molecule has 2 aromatic rings. The van der Waals surface area contributed by atoms with Crippen LogP contribution in [0.5, 0.6) is 0 Å². The molecule has 2 aromatic carbocycles. The van der Waals surface area contributed by atoms with Crippen LogP contribution in [0.3, 0.4) is 0 Å². The summed E-state index contributed by atoms with van der Waals surface area (Å²) < 4.78 is 5.76. The van der Waals surface area contributed by atoms with Crippen LogP contribution in [-0.2, 0) is 4.74 Å². The van der Waals surface area contributed by atoms with E-state index in [9.17, 15) is 5.11 Å². The third-order valence-electron chi connectivity index (χ3n) is 5.03. The molecule has 0 saturated carbocycles. The van der Waals surface area contributed by atoms with Crippen molar-refractivity contribution in [2.24, 2.45) is 0 Å². The highest BCUT2D eigenvalue weighted by Gasteiger charge is 2.33. The van der Waals surface area contributed by atoms with Gasteiger partial charge < -0.3 is 15.2 Å². The van der Waals surface area contributed by atoms with Crippen LogP contribution in [0.4, 0.5) is 0 Å². The van der Waals surface area contributed by atoms with Crippen molar-refractivity contribution in [1.82, 2.24) is 5.32 Å². The number of hydrogen-bond donors (Lipinski definition) is 2. The maximum absolute atomic E-state index is 11.7. The number of aliphatic hydroxyl groups is 1. The van der Waals surface area contributed by atoms with Gasteiger partial charge in [0.15, 0.2) is 0 Å². The zero-order valence-corrected chi connectivity index (χ0v) is 16.7. The Morgan fingerprint density at radius 3 is 2.21 bits per heavy atom. The molecule has 0 aliphatic heterocycles. The first kappa shape index (κ1) is 20.1. The molecule has 3 rings (SSSR count). The van der Waals surface area contributed by atoms with Gasteiger partial charge in [0, 0.05) is 13.0 Å². The number of nitrogens with one attached hydrogen (secondary N) is 1. The Morgan fingerprint density at radius 1 is 1.04 bits per heavy atom. The van der Waals surface area contributed by atoms with Crippen molar-refractivity contribution < 1.29 is 9.84 Å². The molecule has 1 aliphatic rings. The second-order valence-electron chi connectivity index (χ2n) is 6.96. The molecule has 3 heteroatoms. The molecule has 0 heterocycles. The van der Waals surface area contributed by atoms with Crippen LogP contribution in [0.15, 0.2) is 84.7 Å². The highest BCUT2D eigenvalue weighted by atomic mass is 16.5. The fraction of sp³-hybridized carbons (Fsp3) is 0.280. The lowest BCUT2D eigenvalue weighted by atomic mass is 9.78. The van der Waals surface area contributed by atoms with Gasteiger partial charge in [-0.15, -0.1) is 0 Å². The quantitative estimate of drug-likeness (QED) is 0.513. The van der Waals surface area contributed by atoms with E-state index in [2.05, 4.69) is 36.5 Å². The number of likely N-dealkylation sites (N-methyl/N-ethyl adjacent to an activating group) is 1. The molecule has 1 aliphatic carbocycles. The van der Waals surface area contributed by atoms with E-state index < -0.39 is 5.60 Å². The first-order chi connectivity index (χ1) is 13.7. The largest absolute Gasteiger partial charge is 0.493 e. The van der Waals surface area contributed by atoms with E-state index in [-0.39, 0.29) is 0 Å². The van der Waals surface area contributed by atoms with Crippen LogP contribution < -0.4 is 5.32 Å².